The normalized spacial score (nSPS) is 13.2. The van der Waals surface area contributed by atoms with Gasteiger partial charge in [0, 0.05) is 24.2 Å². The van der Waals surface area contributed by atoms with E-state index in [2.05, 4.69) is 48.8 Å². The van der Waals surface area contributed by atoms with Crippen LogP contribution in [0.3, 0.4) is 0 Å². The SMILES string of the molecule is COc1ccccc1C(O[Si](C)(C)C(C)(C)C)c1ccnc(N(Cc2ccc(/C(N)=N/OC(C)=O)cc2)C(=O)OC(C)(C)C)c1. The smallest absolute Gasteiger partial charge is 0.416 e. The number of rotatable bonds is 10. The van der Waals surface area contributed by atoms with Gasteiger partial charge in [-0.2, -0.15) is 0 Å². The minimum Gasteiger partial charge on any atom is -0.496 e. The third kappa shape index (κ3) is 9.63. The van der Waals surface area contributed by atoms with Crippen LogP contribution in [0.2, 0.25) is 18.1 Å². The Labute approximate surface area is 267 Å². The highest BCUT2D eigenvalue weighted by Crippen LogP contribution is 2.43. The Balaban J connectivity index is 2.08. The molecule has 1 atom stereocenters. The summed E-state index contributed by atoms with van der Waals surface area (Å²) in [6.45, 7) is 17.9. The molecule has 2 aromatic carbocycles. The monoisotopic (exact) mass is 634 g/mol. The number of ether oxygens (including phenoxy) is 2. The molecule has 242 valence electrons. The molecule has 0 aliphatic heterocycles. The maximum Gasteiger partial charge on any atom is 0.416 e. The van der Waals surface area contributed by atoms with Crippen molar-refractivity contribution in [1.82, 2.24) is 4.98 Å². The lowest BCUT2D eigenvalue weighted by Crippen LogP contribution is -2.42. The molecule has 11 heteroatoms. The number of nitrogens with two attached hydrogens (primary N) is 1. The van der Waals surface area contributed by atoms with E-state index < -0.39 is 32.1 Å². The molecule has 0 radical (unpaired) electrons. The fourth-order valence-electron chi connectivity index (χ4n) is 4.10. The van der Waals surface area contributed by atoms with E-state index >= 15 is 0 Å². The molecule has 10 nitrogen and oxygen atoms in total. The Hall–Kier alpha value is -4.22. The molecule has 1 aromatic heterocycles. The number of hydrogen-bond donors (Lipinski definition) is 1. The zero-order chi connectivity index (χ0) is 33.6. The number of hydrogen-bond acceptors (Lipinski definition) is 8. The summed E-state index contributed by atoms with van der Waals surface area (Å²) in [5, 5.41) is 3.59. The molecule has 0 bridgehead atoms. The van der Waals surface area contributed by atoms with E-state index in [-0.39, 0.29) is 17.4 Å². The summed E-state index contributed by atoms with van der Waals surface area (Å²) >= 11 is 0. The van der Waals surface area contributed by atoms with Crippen molar-refractivity contribution < 1.29 is 28.3 Å². The van der Waals surface area contributed by atoms with Gasteiger partial charge >= 0.3 is 12.1 Å². The number of amides is 1. The van der Waals surface area contributed by atoms with Gasteiger partial charge in [0.15, 0.2) is 14.2 Å². The number of pyridine rings is 1. The van der Waals surface area contributed by atoms with Crippen molar-refractivity contribution >= 4 is 32.0 Å². The zero-order valence-corrected chi connectivity index (χ0v) is 29.0. The number of methoxy groups -OCH3 is 1. The molecule has 1 unspecified atom stereocenters. The van der Waals surface area contributed by atoms with Crippen LogP contribution < -0.4 is 15.4 Å². The zero-order valence-electron chi connectivity index (χ0n) is 28.0. The minimum absolute atomic E-state index is 0.0515. The number of carbonyl (C=O) groups is 2. The summed E-state index contributed by atoms with van der Waals surface area (Å²) in [6.07, 6.45) is 0.656. The molecular weight excluding hydrogens is 588 g/mol. The lowest BCUT2D eigenvalue weighted by Gasteiger charge is -2.40. The van der Waals surface area contributed by atoms with Gasteiger partial charge in [-0.1, -0.05) is 68.4 Å². The summed E-state index contributed by atoms with van der Waals surface area (Å²) < 4.78 is 18.6. The average Bonchev–Trinajstić information content (AvgIpc) is 2.96. The second-order valence-electron chi connectivity index (χ2n) is 13.3. The highest BCUT2D eigenvalue weighted by Gasteiger charge is 2.40. The van der Waals surface area contributed by atoms with E-state index in [1.54, 1.807) is 25.4 Å². The first kappa shape index (κ1) is 35.3. The van der Waals surface area contributed by atoms with Crippen LogP contribution in [0.25, 0.3) is 0 Å². The Kier molecular flexibility index (Phi) is 11.2. The van der Waals surface area contributed by atoms with Crippen molar-refractivity contribution in [2.75, 3.05) is 12.0 Å². The molecule has 3 rings (SSSR count). The van der Waals surface area contributed by atoms with E-state index in [1.807, 2.05) is 69.3 Å². The molecule has 0 saturated carbocycles. The summed E-state index contributed by atoms with van der Waals surface area (Å²) in [5.41, 5.74) is 8.27. The molecular formula is C34H46N4O6Si. The van der Waals surface area contributed by atoms with Crippen molar-refractivity contribution in [1.29, 1.82) is 0 Å². The van der Waals surface area contributed by atoms with Gasteiger partial charge in [0.1, 0.15) is 17.2 Å². The van der Waals surface area contributed by atoms with Gasteiger partial charge in [-0.05, 0) is 68.2 Å². The van der Waals surface area contributed by atoms with Gasteiger partial charge in [0.2, 0.25) is 0 Å². The van der Waals surface area contributed by atoms with Crippen molar-refractivity contribution in [3.05, 3.63) is 89.1 Å². The van der Waals surface area contributed by atoms with Gasteiger partial charge < -0.3 is 24.5 Å². The van der Waals surface area contributed by atoms with Crippen LogP contribution in [-0.2, 0) is 25.3 Å². The summed E-state index contributed by atoms with van der Waals surface area (Å²) in [5.74, 6) is 0.597. The maximum atomic E-state index is 13.6. The first-order valence-electron chi connectivity index (χ1n) is 14.8. The Morgan fingerprint density at radius 3 is 2.22 bits per heavy atom. The van der Waals surface area contributed by atoms with E-state index in [1.165, 1.54) is 11.8 Å². The fraction of sp³-hybridized carbons (Fsp3) is 0.412. The van der Waals surface area contributed by atoms with Gasteiger partial charge in [-0.15, -0.1) is 0 Å². The molecule has 0 aliphatic rings. The topological polar surface area (TPSA) is 126 Å². The summed E-state index contributed by atoms with van der Waals surface area (Å²) in [7, 11) is -0.640. The lowest BCUT2D eigenvalue weighted by atomic mass is 10.0. The van der Waals surface area contributed by atoms with Crippen LogP contribution in [0, 0.1) is 0 Å². The highest BCUT2D eigenvalue weighted by atomic mass is 28.4. The second kappa shape index (κ2) is 14.3. The first-order valence-corrected chi connectivity index (χ1v) is 17.7. The van der Waals surface area contributed by atoms with Gasteiger partial charge in [-0.3, -0.25) is 4.90 Å². The molecule has 2 N–H and O–H groups in total. The fourth-order valence-corrected chi connectivity index (χ4v) is 5.30. The minimum atomic E-state index is -2.28. The predicted molar refractivity (Wildman–Crippen MR) is 179 cm³/mol. The number of anilines is 1. The van der Waals surface area contributed by atoms with E-state index in [0.717, 1.165) is 16.7 Å². The largest absolute Gasteiger partial charge is 0.496 e. The quantitative estimate of drug-likeness (QED) is 0.0808. The number of carbonyl (C=O) groups excluding carboxylic acids is 2. The molecule has 3 aromatic rings. The van der Waals surface area contributed by atoms with Crippen molar-refractivity contribution in [3.8, 4) is 5.75 Å². The van der Waals surface area contributed by atoms with Crippen molar-refractivity contribution in [3.63, 3.8) is 0 Å². The average molecular weight is 635 g/mol. The molecule has 0 saturated heterocycles. The Bertz CT molecular complexity index is 1510. The van der Waals surface area contributed by atoms with Gasteiger partial charge in [0.05, 0.1) is 19.8 Å². The van der Waals surface area contributed by atoms with Crippen LogP contribution in [0.15, 0.2) is 72.0 Å². The van der Waals surface area contributed by atoms with Crippen LogP contribution in [0.1, 0.15) is 76.8 Å². The van der Waals surface area contributed by atoms with Gasteiger partial charge in [-0.25, -0.2) is 14.6 Å². The highest BCUT2D eigenvalue weighted by molar-refractivity contribution is 6.74. The predicted octanol–water partition coefficient (Wildman–Crippen LogP) is 7.33. The summed E-state index contributed by atoms with van der Waals surface area (Å²) in [4.78, 5) is 35.5. The van der Waals surface area contributed by atoms with Crippen LogP contribution in [-0.4, -0.2) is 43.9 Å². The molecule has 0 spiro atoms. The number of aromatic nitrogens is 1. The molecule has 1 amide bonds. The van der Waals surface area contributed by atoms with Crippen LogP contribution in [0.5, 0.6) is 5.75 Å². The molecule has 1 heterocycles. The number of benzene rings is 2. The van der Waals surface area contributed by atoms with Crippen LogP contribution >= 0.6 is 0 Å². The van der Waals surface area contributed by atoms with E-state index in [9.17, 15) is 9.59 Å². The number of amidine groups is 1. The third-order valence-electron chi connectivity index (χ3n) is 7.47. The van der Waals surface area contributed by atoms with Crippen LogP contribution in [0.4, 0.5) is 10.6 Å². The van der Waals surface area contributed by atoms with E-state index in [4.69, 9.17) is 19.6 Å². The molecule has 0 fully saturated rings. The number of para-hydroxylation sites is 1. The van der Waals surface area contributed by atoms with E-state index in [0.29, 0.717) is 17.1 Å². The Morgan fingerprint density at radius 1 is 1.00 bits per heavy atom. The third-order valence-corrected chi connectivity index (χ3v) is 11.9. The standard InChI is InChI=1S/C34H46N4O6Si/c1-23(39)43-37-31(35)25-17-15-24(16-18-25)22-38(32(40)42-33(2,3)4)29-21-26(19-20-36-29)30(44-45(9,10)34(5,6)7)27-13-11-12-14-28(27)41-8/h11-21,30H,22H2,1-10H3,(H2,35,37). The molecule has 0 aliphatic carbocycles. The number of oxime groups is 1. The Morgan fingerprint density at radius 2 is 1.64 bits per heavy atom. The maximum absolute atomic E-state index is 13.6. The van der Waals surface area contributed by atoms with Crippen molar-refractivity contribution in [2.24, 2.45) is 10.9 Å². The lowest BCUT2D eigenvalue weighted by molar-refractivity contribution is -0.140. The second-order valence-corrected chi connectivity index (χ2v) is 18.0. The summed E-state index contributed by atoms with van der Waals surface area (Å²) in [6, 6.07) is 18.7. The first-order chi connectivity index (χ1) is 20.9. The molecule has 45 heavy (non-hydrogen) atoms. The number of nitrogens with zero attached hydrogens (tertiary/aromatic N) is 3. The van der Waals surface area contributed by atoms with Crippen molar-refractivity contribution in [2.45, 2.75) is 84.8 Å². The van der Waals surface area contributed by atoms with Gasteiger partial charge in [0.25, 0.3) is 0 Å².